The summed E-state index contributed by atoms with van der Waals surface area (Å²) in [5.41, 5.74) is 1.94. The molecule has 3 rings (SSSR count). The van der Waals surface area contributed by atoms with Crippen molar-refractivity contribution in [3.63, 3.8) is 0 Å². The highest BCUT2D eigenvalue weighted by atomic mass is 16.6. The zero-order valence-corrected chi connectivity index (χ0v) is 11.1. The van der Waals surface area contributed by atoms with Crippen molar-refractivity contribution in [1.29, 1.82) is 0 Å². The van der Waals surface area contributed by atoms with E-state index in [9.17, 15) is 4.79 Å². The Balaban J connectivity index is 1.86. The van der Waals surface area contributed by atoms with Crippen molar-refractivity contribution in [2.45, 2.75) is 57.3 Å². The van der Waals surface area contributed by atoms with Crippen molar-refractivity contribution in [2.75, 3.05) is 0 Å². The fourth-order valence-electron chi connectivity index (χ4n) is 3.19. The Bertz CT molecular complexity index is 437. The maximum Gasteiger partial charge on any atom is 0.334 e. The molecule has 2 fully saturated rings. The molecule has 98 valence electrons. The lowest BCUT2D eigenvalue weighted by atomic mass is 9.84. The highest BCUT2D eigenvalue weighted by Crippen LogP contribution is 2.48. The highest BCUT2D eigenvalue weighted by molar-refractivity contribution is 5.90. The normalized spacial score (nSPS) is 46.6. The van der Waals surface area contributed by atoms with Crippen molar-refractivity contribution >= 4 is 5.97 Å². The van der Waals surface area contributed by atoms with Crippen LogP contribution in [0.1, 0.15) is 39.5 Å². The SMILES string of the molecule is C=C1C(=O)O[C@H]2C/C(C)=C\CC[C@@]3(C)O[C@@H]3C[C@H]12. The second-order valence-electron chi connectivity index (χ2n) is 6.02. The molecule has 0 aromatic carbocycles. The van der Waals surface area contributed by atoms with Crippen LogP contribution in [0.2, 0.25) is 0 Å². The molecule has 0 radical (unpaired) electrons. The van der Waals surface area contributed by atoms with E-state index >= 15 is 0 Å². The summed E-state index contributed by atoms with van der Waals surface area (Å²) in [6, 6.07) is 0. The van der Waals surface area contributed by atoms with Gasteiger partial charge >= 0.3 is 5.97 Å². The topological polar surface area (TPSA) is 38.8 Å². The number of allylic oxidation sites excluding steroid dienone is 1. The molecule has 0 aromatic heterocycles. The van der Waals surface area contributed by atoms with E-state index in [0.717, 1.165) is 25.7 Å². The monoisotopic (exact) mass is 248 g/mol. The number of hydrogen-bond donors (Lipinski definition) is 0. The Kier molecular flexibility index (Phi) is 2.63. The minimum atomic E-state index is -0.223. The van der Waals surface area contributed by atoms with Gasteiger partial charge in [-0.3, -0.25) is 0 Å². The summed E-state index contributed by atoms with van der Waals surface area (Å²) in [6.07, 6.45) is 6.30. The second kappa shape index (κ2) is 3.95. The first kappa shape index (κ1) is 12.0. The van der Waals surface area contributed by atoms with Gasteiger partial charge in [0.25, 0.3) is 0 Å². The smallest absolute Gasteiger partial charge is 0.334 e. The molecular weight excluding hydrogens is 228 g/mol. The molecule has 18 heavy (non-hydrogen) atoms. The van der Waals surface area contributed by atoms with Gasteiger partial charge in [0.15, 0.2) is 0 Å². The van der Waals surface area contributed by atoms with Gasteiger partial charge in [-0.25, -0.2) is 4.79 Å². The third-order valence-electron chi connectivity index (χ3n) is 4.58. The number of esters is 1. The predicted molar refractivity (Wildman–Crippen MR) is 68.0 cm³/mol. The summed E-state index contributed by atoms with van der Waals surface area (Å²) in [5, 5.41) is 0. The van der Waals surface area contributed by atoms with Gasteiger partial charge < -0.3 is 9.47 Å². The Labute approximate surface area is 108 Å². The van der Waals surface area contributed by atoms with E-state index in [2.05, 4.69) is 26.5 Å². The molecule has 0 aromatic rings. The molecule has 3 aliphatic rings. The molecule has 1 aliphatic carbocycles. The molecule has 0 spiro atoms. The fourth-order valence-corrected chi connectivity index (χ4v) is 3.19. The average molecular weight is 248 g/mol. The van der Waals surface area contributed by atoms with Gasteiger partial charge in [0.1, 0.15) is 6.10 Å². The number of hydrogen-bond acceptors (Lipinski definition) is 3. The molecule has 0 bridgehead atoms. The minimum Gasteiger partial charge on any atom is -0.458 e. The van der Waals surface area contributed by atoms with E-state index in [1.807, 2.05) is 0 Å². The van der Waals surface area contributed by atoms with Crippen molar-refractivity contribution in [3.8, 4) is 0 Å². The first-order valence-electron chi connectivity index (χ1n) is 6.73. The van der Waals surface area contributed by atoms with E-state index in [1.165, 1.54) is 5.57 Å². The quantitative estimate of drug-likeness (QED) is 0.286. The van der Waals surface area contributed by atoms with E-state index < -0.39 is 0 Å². The Hall–Kier alpha value is -1.09. The third-order valence-corrected chi connectivity index (χ3v) is 4.58. The second-order valence-corrected chi connectivity index (χ2v) is 6.02. The van der Waals surface area contributed by atoms with Gasteiger partial charge in [-0.15, -0.1) is 0 Å². The zero-order valence-electron chi connectivity index (χ0n) is 11.1. The van der Waals surface area contributed by atoms with Crippen LogP contribution in [-0.2, 0) is 14.3 Å². The number of ether oxygens (including phenoxy) is 2. The van der Waals surface area contributed by atoms with Gasteiger partial charge in [0.2, 0.25) is 0 Å². The number of epoxide rings is 1. The molecule has 3 nitrogen and oxygen atoms in total. The third kappa shape index (κ3) is 1.91. The number of carbonyl (C=O) groups is 1. The largest absolute Gasteiger partial charge is 0.458 e. The van der Waals surface area contributed by atoms with Crippen LogP contribution in [0.5, 0.6) is 0 Å². The lowest BCUT2D eigenvalue weighted by molar-refractivity contribution is -0.139. The van der Waals surface area contributed by atoms with E-state index in [0.29, 0.717) is 5.57 Å². The molecule has 0 unspecified atom stereocenters. The Morgan fingerprint density at radius 3 is 3.06 bits per heavy atom. The van der Waals surface area contributed by atoms with Crippen LogP contribution < -0.4 is 0 Å². The van der Waals surface area contributed by atoms with Crippen LogP contribution >= 0.6 is 0 Å². The first-order valence-corrected chi connectivity index (χ1v) is 6.73. The van der Waals surface area contributed by atoms with Gasteiger partial charge in [-0.1, -0.05) is 18.2 Å². The first-order chi connectivity index (χ1) is 8.49. The summed E-state index contributed by atoms with van der Waals surface area (Å²) in [4.78, 5) is 11.7. The van der Waals surface area contributed by atoms with Crippen LogP contribution in [0, 0.1) is 5.92 Å². The zero-order chi connectivity index (χ0) is 12.9. The summed E-state index contributed by atoms with van der Waals surface area (Å²) in [5.74, 6) is -0.0924. The van der Waals surface area contributed by atoms with Crippen molar-refractivity contribution < 1.29 is 14.3 Å². The molecule has 2 heterocycles. The highest BCUT2D eigenvalue weighted by Gasteiger charge is 2.54. The van der Waals surface area contributed by atoms with Crippen LogP contribution in [0.25, 0.3) is 0 Å². The van der Waals surface area contributed by atoms with E-state index in [1.54, 1.807) is 0 Å². The molecule has 2 saturated heterocycles. The number of carbonyl (C=O) groups excluding carboxylic acids is 1. The van der Waals surface area contributed by atoms with E-state index in [4.69, 9.17) is 9.47 Å². The standard InChI is InChI=1S/C15H20O3/c1-9-5-4-6-15(3)13(18-15)8-11-10(2)14(16)17-12(11)7-9/h5,11-13H,2,4,6-8H2,1,3H3/b9-5-/t11-,12+,13-,15-/m1/s1. The maximum atomic E-state index is 11.7. The van der Waals surface area contributed by atoms with Crippen LogP contribution in [0.4, 0.5) is 0 Å². The predicted octanol–water partition coefficient (Wildman–Crippen LogP) is 2.76. The van der Waals surface area contributed by atoms with Crippen molar-refractivity contribution in [3.05, 3.63) is 23.8 Å². The van der Waals surface area contributed by atoms with Crippen LogP contribution in [0.3, 0.4) is 0 Å². The summed E-state index contributed by atoms with van der Waals surface area (Å²) < 4.78 is 11.3. The van der Waals surface area contributed by atoms with Crippen LogP contribution in [0.15, 0.2) is 23.8 Å². The molecule has 0 amide bonds. The lowest BCUT2D eigenvalue weighted by Crippen LogP contribution is -2.22. The lowest BCUT2D eigenvalue weighted by Gasteiger charge is -2.19. The molecular formula is C15H20O3. The van der Waals surface area contributed by atoms with Gasteiger partial charge in [-0.05, 0) is 33.1 Å². The summed E-state index contributed by atoms with van der Waals surface area (Å²) >= 11 is 0. The minimum absolute atomic E-state index is 0.00455. The Morgan fingerprint density at radius 1 is 1.50 bits per heavy atom. The molecule has 2 aliphatic heterocycles. The molecule has 3 heteroatoms. The van der Waals surface area contributed by atoms with Gasteiger partial charge in [0, 0.05) is 17.9 Å². The maximum absolute atomic E-state index is 11.7. The van der Waals surface area contributed by atoms with Crippen LogP contribution in [-0.4, -0.2) is 23.8 Å². The molecule has 4 atom stereocenters. The van der Waals surface area contributed by atoms with Crippen molar-refractivity contribution in [1.82, 2.24) is 0 Å². The molecule has 0 N–H and O–H groups in total. The van der Waals surface area contributed by atoms with Gasteiger partial charge in [-0.2, -0.15) is 0 Å². The summed E-state index contributed by atoms with van der Waals surface area (Å²) in [6.45, 7) is 8.17. The van der Waals surface area contributed by atoms with Gasteiger partial charge in [0.05, 0.1) is 11.7 Å². The van der Waals surface area contributed by atoms with E-state index in [-0.39, 0.29) is 29.7 Å². The summed E-state index contributed by atoms with van der Waals surface area (Å²) in [7, 11) is 0. The fraction of sp³-hybridized carbons (Fsp3) is 0.667. The van der Waals surface area contributed by atoms with Crippen molar-refractivity contribution in [2.24, 2.45) is 5.92 Å². The Morgan fingerprint density at radius 2 is 2.28 bits per heavy atom. The number of fused-ring (bicyclic) bond motifs is 2. The number of rotatable bonds is 0. The average Bonchev–Trinajstić information content (AvgIpc) is 2.86. The molecule has 0 saturated carbocycles.